The first-order valence-corrected chi connectivity index (χ1v) is 19.2. The van der Waals surface area contributed by atoms with E-state index < -0.39 is 11.9 Å². The van der Waals surface area contributed by atoms with Crippen molar-refractivity contribution in [2.45, 2.75) is 50.7 Å². The van der Waals surface area contributed by atoms with Crippen molar-refractivity contribution in [1.82, 2.24) is 29.5 Å². The van der Waals surface area contributed by atoms with Gasteiger partial charge in [-0.25, -0.2) is 14.0 Å². The summed E-state index contributed by atoms with van der Waals surface area (Å²) in [7, 11) is 0. The van der Waals surface area contributed by atoms with Gasteiger partial charge >= 0.3 is 11.9 Å². The third-order valence-corrected chi connectivity index (χ3v) is 10.2. The maximum Gasteiger partial charge on any atom is 0.328 e. The van der Waals surface area contributed by atoms with Crippen molar-refractivity contribution in [3.63, 3.8) is 0 Å². The fourth-order valence-corrected chi connectivity index (χ4v) is 6.62. The molecule has 1 atom stereocenters. The molecule has 0 radical (unpaired) electrons. The summed E-state index contributed by atoms with van der Waals surface area (Å²) in [5, 5.41) is 23.6. The molecule has 1 amide bonds. The Morgan fingerprint density at radius 2 is 1.50 bits per heavy atom. The molecule has 2 aromatic heterocycles. The van der Waals surface area contributed by atoms with Gasteiger partial charge in [0.1, 0.15) is 12.4 Å². The number of benzene rings is 3. The summed E-state index contributed by atoms with van der Waals surface area (Å²) >= 11 is 7.42. The van der Waals surface area contributed by atoms with Crippen molar-refractivity contribution in [2.24, 2.45) is 0 Å². The number of hydrogen-bond donors (Lipinski definition) is 3. The molecule has 5 rings (SSSR count). The molecule has 0 aliphatic rings. The van der Waals surface area contributed by atoms with Gasteiger partial charge in [0.25, 0.3) is 5.56 Å². The van der Waals surface area contributed by atoms with E-state index in [1.165, 1.54) is 23.9 Å². The zero-order chi connectivity index (χ0) is 40.6. The summed E-state index contributed by atoms with van der Waals surface area (Å²) in [5.74, 6) is -2.73. The summed E-state index contributed by atoms with van der Waals surface area (Å²) < 4.78 is 15.3. The number of likely N-dealkylation sites (N-methyl/N-ethyl adjacent to an activating group) is 1. The van der Waals surface area contributed by atoms with Crippen molar-refractivity contribution < 1.29 is 29.0 Å². The lowest BCUT2D eigenvalue weighted by Crippen LogP contribution is -2.40. The van der Waals surface area contributed by atoms with E-state index in [2.05, 4.69) is 58.2 Å². The number of carbonyl (C=O) groups is 3. The molecule has 5 aromatic rings. The third-order valence-electron chi connectivity index (χ3n) is 8.86. The minimum atomic E-state index is -1.26. The Kier molecular flexibility index (Phi) is 16.6. The van der Waals surface area contributed by atoms with E-state index in [0.717, 1.165) is 47.5 Å². The number of carbonyl (C=O) groups excluding carboxylic acids is 1. The minimum absolute atomic E-state index is 0.00520. The van der Waals surface area contributed by atoms with Gasteiger partial charge in [0.05, 0.1) is 6.20 Å². The Hall–Kier alpha value is -5.57. The van der Waals surface area contributed by atoms with E-state index in [4.69, 9.17) is 21.8 Å². The lowest BCUT2D eigenvalue weighted by molar-refractivity contribution is -0.134. The van der Waals surface area contributed by atoms with Gasteiger partial charge < -0.3 is 24.6 Å². The number of nitrogens with one attached hydrogen (secondary N) is 1. The van der Waals surface area contributed by atoms with Gasteiger partial charge in [-0.2, -0.15) is 10.1 Å². The van der Waals surface area contributed by atoms with E-state index in [9.17, 15) is 23.6 Å². The number of hydrogen-bond acceptors (Lipinski definition) is 8. The molecule has 3 aromatic carbocycles. The Bertz CT molecular complexity index is 2110. The van der Waals surface area contributed by atoms with Crippen LogP contribution in [0.5, 0.6) is 0 Å². The number of amides is 1. The molecule has 0 aliphatic carbocycles. The first-order valence-electron chi connectivity index (χ1n) is 17.8. The van der Waals surface area contributed by atoms with E-state index in [1.54, 1.807) is 35.3 Å². The number of rotatable bonds is 17. The fourth-order valence-electron chi connectivity index (χ4n) is 5.57. The molecule has 0 saturated carbocycles. The number of nitrogens with zero attached hydrogens (tertiary/aromatic N) is 5. The molecule has 0 spiro atoms. The molecule has 1 unspecified atom stereocenters. The first kappa shape index (κ1) is 43.2. The average molecular weight is 803 g/mol. The van der Waals surface area contributed by atoms with Crippen molar-refractivity contribution in [2.75, 3.05) is 26.2 Å². The minimum Gasteiger partial charge on any atom is -0.478 e. The lowest BCUT2D eigenvalue weighted by atomic mass is 9.98. The van der Waals surface area contributed by atoms with Gasteiger partial charge in [-0.3, -0.25) is 14.7 Å². The largest absolute Gasteiger partial charge is 0.478 e. The number of aliphatic carboxylic acids is 2. The van der Waals surface area contributed by atoms with Gasteiger partial charge in [0.2, 0.25) is 5.91 Å². The van der Waals surface area contributed by atoms with Crippen LogP contribution in [0.3, 0.4) is 0 Å². The second-order valence-electron chi connectivity index (χ2n) is 12.6. The van der Waals surface area contributed by atoms with Crippen LogP contribution in [0.1, 0.15) is 48.9 Å². The maximum atomic E-state index is 14.2. The second kappa shape index (κ2) is 21.5. The summed E-state index contributed by atoms with van der Waals surface area (Å²) in [6, 6.07) is 22.2. The molecule has 0 saturated heterocycles. The van der Waals surface area contributed by atoms with Crippen LogP contribution in [0.25, 0.3) is 11.1 Å². The molecular formula is C41H44ClFN6O6S. The molecule has 2 heterocycles. The highest BCUT2D eigenvalue weighted by molar-refractivity contribution is 7.98. The second-order valence-corrected chi connectivity index (χ2v) is 14.0. The number of carboxylic acids is 2. The number of aromatic amines is 1. The Labute approximate surface area is 333 Å². The topological polar surface area (TPSA) is 162 Å². The summed E-state index contributed by atoms with van der Waals surface area (Å²) in [4.78, 5) is 55.2. The first-order chi connectivity index (χ1) is 26.9. The lowest BCUT2D eigenvalue weighted by Gasteiger charge is -2.27. The number of H-pyrrole nitrogens is 1. The highest BCUT2D eigenvalue weighted by Crippen LogP contribution is 2.26. The molecule has 0 bridgehead atoms. The van der Waals surface area contributed by atoms with Crippen LogP contribution in [-0.4, -0.2) is 83.8 Å². The molecule has 3 N–H and O–H groups in total. The zero-order valence-corrected chi connectivity index (χ0v) is 32.8. The van der Waals surface area contributed by atoms with Crippen LogP contribution in [0.2, 0.25) is 5.02 Å². The quantitative estimate of drug-likeness (QED) is 0.0510. The van der Waals surface area contributed by atoms with Crippen molar-refractivity contribution in [3.8, 4) is 11.1 Å². The molecule has 294 valence electrons. The SMILES string of the molecule is CCN(CC)CCN(Cc1ccc(-c2ccc(Cl)cc2)cc1)C(=O)Cn1cc(C(C)c2cn[nH]c2)c(=O)nc1SCc1ccc(F)cc1.O=C(O)/C=C\C(=O)O. The van der Waals surface area contributed by atoms with Gasteiger partial charge in [0.15, 0.2) is 5.16 Å². The smallest absolute Gasteiger partial charge is 0.328 e. The highest BCUT2D eigenvalue weighted by Gasteiger charge is 2.21. The van der Waals surface area contributed by atoms with E-state index in [-0.39, 0.29) is 29.7 Å². The van der Waals surface area contributed by atoms with Crippen molar-refractivity contribution >= 4 is 41.2 Å². The number of halogens is 2. The molecular weight excluding hydrogens is 759 g/mol. The molecule has 15 heteroatoms. The van der Waals surface area contributed by atoms with Crippen LogP contribution >= 0.6 is 23.4 Å². The summed E-state index contributed by atoms with van der Waals surface area (Å²) in [6.45, 7) is 9.65. The van der Waals surface area contributed by atoms with Gasteiger partial charge in [0, 0.05) is 66.4 Å². The summed E-state index contributed by atoms with van der Waals surface area (Å²) in [6.07, 6.45) is 6.31. The Morgan fingerprint density at radius 1 is 0.911 bits per heavy atom. The maximum absolute atomic E-state index is 14.2. The number of aromatic nitrogens is 4. The Morgan fingerprint density at radius 3 is 2.05 bits per heavy atom. The number of thioether (sulfide) groups is 1. The van der Waals surface area contributed by atoms with Crippen LogP contribution in [-0.2, 0) is 33.2 Å². The average Bonchev–Trinajstić information content (AvgIpc) is 3.74. The van der Waals surface area contributed by atoms with Gasteiger partial charge in [-0.15, -0.1) is 0 Å². The van der Waals surface area contributed by atoms with Gasteiger partial charge in [-0.05, 0) is 65.2 Å². The van der Waals surface area contributed by atoms with Crippen LogP contribution < -0.4 is 5.56 Å². The van der Waals surface area contributed by atoms with E-state index in [0.29, 0.717) is 46.7 Å². The normalized spacial score (nSPS) is 11.6. The standard InChI is InChI=1S/C37H40ClFN6O2S.C4H4O4/c1-4-43(5-2)18-19-44(22-27-6-10-29(11-7-27)30-12-14-32(38)15-13-30)35(46)24-45-23-34(26(3)31-20-40-41-21-31)36(47)42-37(45)48-25-28-8-16-33(39)17-9-28;5-3(6)1-2-4(7)8/h6-17,20-21,23,26H,4-5,18-19,22,24-25H2,1-3H3,(H,40,41);1-2H,(H,5,6)(H,7,8)/b;2-1-. The monoisotopic (exact) mass is 802 g/mol. The zero-order valence-electron chi connectivity index (χ0n) is 31.3. The van der Waals surface area contributed by atoms with Crippen molar-refractivity contribution in [3.05, 3.63) is 147 Å². The molecule has 0 aliphatic heterocycles. The van der Waals surface area contributed by atoms with Crippen molar-refractivity contribution in [1.29, 1.82) is 0 Å². The summed E-state index contributed by atoms with van der Waals surface area (Å²) in [5.41, 5.74) is 5.00. The molecule has 12 nitrogen and oxygen atoms in total. The Balaban J connectivity index is 0.000000784. The van der Waals surface area contributed by atoms with E-state index in [1.807, 2.05) is 36.1 Å². The van der Waals surface area contributed by atoms with Gasteiger partial charge in [-0.1, -0.05) is 92.7 Å². The number of carboxylic acid groups (broad SMARTS) is 2. The van der Waals surface area contributed by atoms with Crippen LogP contribution in [0.15, 0.2) is 113 Å². The van der Waals surface area contributed by atoms with Crippen LogP contribution in [0.4, 0.5) is 4.39 Å². The predicted molar refractivity (Wildman–Crippen MR) is 215 cm³/mol. The molecule has 0 fully saturated rings. The fraction of sp³-hybridized carbons (Fsp3) is 0.268. The predicted octanol–water partition coefficient (Wildman–Crippen LogP) is 6.95. The highest BCUT2D eigenvalue weighted by atomic mass is 35.5. The third kappa shape index (κ3) is 13.3. The van der Waals surface area contributed by atoms with E-state index >= 15 is 0 Å². The van der Waals surface area contributed by atoms with Crippen LogP contribution in [0, 0.1) is 5.82 Å². The molecule has 56 heavy (non-hydrogen) atoms.